The maximum atomic E-state index is 13.8. The van der Waals surface area contributed by atoms with Gasteiger partial charge in [0.1, 0.15) is 5.82 Å². The molecule has 5 rings (SSSR count). The molecule has 0 aromatic heterocycles. The lowest BCUT2D eigenvalue weighted by atomic mass is 9.86. The van der Waals surface area contributed by atoms with Crippen LogP contribution in [0, 0.1) is 11.7 Å². The Kier molecular flexibility index (Phi) is 6.85. The van der Waals surface area contributed by atoms with Crippen molar-refractivity contribution in [3.8, 4) is 5.75 Å². The summed E-state index contributed by atoms with van der Waals surface area (Å²) in [7, 11) is 0. The van der Waals surface area contributed by atoms with Crippen molar-refractivity contribution in [1.82, 2.24) is 5.32 Å². The summed E-state index contributed by atoms with van der Waals surface area (Å²) in [6, 6.07) is 20.9. The SMILES string of the molecule is C[C@H]1CCCC[C@@H]1NC(=O)c1ccc(/C=C2\Oc3ccccc3N(Cc3cccc(F)c3)C2=O)cc1. The predicted octanol–water partition coefficient (Wildman–Crippen LogP) is 6.10. The van der Waals surface area contributed by atoms with Crippen molar-refractivity contribution in [2.45, 2.75) is 45.2 Å². The number of ether oxygens (including phenoxy) is 1. The molecule has 0 saturated heterocycles. The predicted molar refractivity (Wildman–Crippen MR) is 138 cm³/mol. The summed E-state index contributed by atoms with van der Waals surface area (Å²) in [5, 5.41) is 3.17. The van der Waals surface area contributed by atoms with Crippen LogP contribution in [0.2, 0.25) is 0 Å². The second kappa shape index (κ2) is 10.4. The van der Waals surface area contributed by atoms with Gasteiger partial charge < -0.3 is 10.1 Å². The van der Waals surface area contributed by atoms with Gasteiger partial charge in [-0.3, -0.25) is 14.5 Å². The number of carbonyl (C=O) groups is 2. The van der Waals surface area contributed by atoms with Gasteiger partial charge in [-0.05, 0) is 72.4 Å². The number of halogens is 1. The zero-order valence-corrected chi connectivity index (χ0v) is 20.2. The first kappa shape index (κ1) is 23.8. The number of anilines is 1. The maximum Gasteiger partial charge on any atom is 0.294 e. The number of nitrogens with one attached hydrogen (secondary N) is 1. The highest BCUT2D eigenvalue weighted by molar-refractivity contribution is 6.09. The van der Waals surface area contributed by atoms with Gasteiger partial charge in [-0.2, -0.15) is 0 Å². The van der Waals surface area contributed by atoms with E-state index in [4.69, 9.17) is 4.74 Å². The molecule has 36 heavy (non-hydrogen) atoms. The summed E-state index contributed by atoms with van der Waals surface area (Å²) >= 11 is 0. The molecule has 2 atom stereocenters. The Balaban J connectivity index is 1.35. The summed E-state index contributed by atoms with van der Waals surface area (Å²) in [4.78, 5) is 27.7. The fraction of sp³-hybridized carbons (Fsp3) is 0.267. The number of benzene rings is 3. The number of fused-ring (bicyclic) bond motifs is 1. The molecule has 6 heteroatoms. The number of nitrogens with zero attached hydrogens (tertiary/aromatic N) is 1. The second-order valence-corrected chi connectivity index (χ2v) is 9.56. The number of carbonyl (C=O) groups excluding carboxylic acids is 2. The Morgan fingerprint density at radius 2 is 1.83 bits per heavy atom. The van der Waals surface area contributed by atoms with Gasteiger partial charge >= 0.3 is 0 Å². The van der Waals surface area contributed by atoms with Crippen molar-refractivity contribution in [2.75, 3.05) is 4.90 Å². The lowest BCUT2D eigenvalue weighted by Crippen LogP contribution is -2.41. The molecule has 0 unspecified atom stereocenters. The molecule has 0 spiro atoms. The van der Waals surface area contributed by atoms with E-state index in [-0.39, 0.29) is 36.0 Å². The second-order valence-electron chi connectivity index (χ2n) is 9.56. The monoisotopic (exact) mass is 484 g/mol. The summed E-state index contributed by atoms with van der Waals surface area (Å²) in [5.41, 5.74) is 2.64. The van der Waals surface area contributed by atoms with Crippen LogP contribution in [0.1, 0.15) is 54.1 Å². The molecule has 1 aliphatic carbocycles. The molecule has 0 bridgehead atoms. The Morgan fingerprint density at radius 1 is 1.06 bits per heavy atom. The number of hydrogen-bond acceptors (Lipinski definition) is 3. The van der Waals surface area contributed by atoms with E-state index in [0.29, 0.717) is 28.5 Å². The Bertz CT molecular complexity index is 1300. The molecule has 3 aromatic rings. The Morgan fingerprint density at radius 3 is 2.61 bits per heavy atom. The van der Waals surface area contributed by atoms with Crippen molar-refractivity contribution in [2.24, 2.45) is 5.92 Å². The van der Waals surface area contributed by atoms with Gasteiger partial charge in [0.2, 0.25) is 0 Å². The molecule has 1 fully saturated rings. The maximum absolute atomic E-state index is 13.8. The van der Waals surface area contributed by atoms with Gasteiger partial charge in [-0.15, -0.1) is 0 Å². The van der Waals surface area contributed by atoms with Crippen molar-refractivity contribution in [3.63, 3.8) is 0 Å². The van der Waals surface area contributed by atoms with Crippen molar-refractivity contribution < 1.29 is 18.7 Å². The summed E-state index contributed by atoms with van der Waals surface area (Å²) in [6.07, 6.45) is 6.20. The molecular formula is C30H29FN2O3. The van der Waals surface area contributed by atoms with Gasteiger partial charge in [0.25, 0.3) is 11.8 Å². The quantitative estimate of drug-likeness (QED) is 0.445. The van der Waals surface area contributed by atoms with Crippen LogP contribution in [-0.2, 0) is 11.3 Å². The zero-order chi connectivity index (χ0) is 25.1. The van der Waals surface area contributed by atoms with Gasteiger partial charge in [0.05, 0.1) is 12.2 Å². The van der Waals surface area contributed by atoms with E-state index in [9.17, 15) is 14.0 Å². The fourth-order valence-electron chi connectivity index (χ4n) is 4.90. The van der Waals surface area contributed by atoms with Gasteiger partial charge in [0.15, 0.2) is 11.5 Å². The summed E-state index contributed by atoms with van der Waals surface area (Å²) in [5.74, 6) is 0.466. The van der Waals surface area contributed by atoms with Gasteiger partial charge in [-0.25, -0.2) is 4.39 Å². The normalized spacial score (nSPS) is 20.6. The summed E-state index contributed by atoms with van der Waals surface area (Å²) < 4.78 is 19.7. The molecule has 1 aliphatic heterocycles. The first-order valence-electron chi connectivity index (χ1n) is 12.4. The topological polar surface area (TPSA) is 58.6 Å². The highest BCUT2D eigenvalue weighted by atomic mass is 19.1. The van der Waals surface area contributed by atoms with Crippen LogP contribution in [0.4, 0.5) is 10.1 Å². The molecular weight excluding hydrogens is 455 g/mol. The van der Waals surface area contributed by atoms with E-state index in [0.717, 1.165) is 24.8 Å². The van der Waals surface area contributed by atoms with Crippen molar-refractivity contribution >= 4 is 23.6 Å². The van der Waals surface area contributed by atoms with Crippen LogP contribution in [-0.4, -0.2) is 17.9 Å². The van der Waals surface area contributed by atoms with E-state index >= 15 is 0 Å². The zero-order valence-electron chi connectivity index (χ0n) is 20.2. The van der Waals surface area contributed by atoms with E-state index < -0.39 is 0 Å². The molecule has 1 heterocycles. The smallest absolute Gasteiger partial charge is 0.294 e. The molecule has 5 nitrogen and oxygen atoms in total. The Labute approximate surface area is 210 Å². The average Bonchev–Trinajstić information content (AvgIpc) is 2.88. The van der Waals surface area contributed by atoms with Crippen LogP contribution in [0.15, 0.2) is 78.6 Å². The molecule has 1 saturated carbocycles. The third-order valence-corrected chi connectivity index (χ3v) is 6.96. The fourth-order valence-corrected chi connectivity index (χ4v) is 4.90. The lowest BCUT2D eigenvalue weighted by molar-refractivity contribution is -0.117. The number of hydrogen-bond donors (Lipinski definition) is 1. The van der Waals surface area contributed by atoms with Gasteiger partial charge in [0, 0.05) is 11.6 Å². The van der Waals surface area contributed by atoms with E-state index in [1.165, 1.54) is 18.6 Å². The lowest BCUT2D eigenvalue weighted by Gasteiger charge is -2.30. The molecule has 184 valence electrons. The van der Waals surface area contributed by atoms with Crippen molar-refractivity contribution in [1.29, 1.82) is 0 Å². The van der Waals surface area contributed by atoms with E-state index in [1.807, 2.05) is 18.2 Å². The third kappa shape index (κ3) is 5.18. The molecule has 2 aliphatic rings. The van der Waals surface area contributed by atoms with Crippen LogP contribution in [0.25, 0.3) is 6.08 Å². The van der Waals surface area contributed by atoms with Crippen LogP contribution < -0.4 is 15.0 Å². The Hall–Kier alpha value is -3.93. The minimum absolute atomic E-state index is 0.0758. The van der Waals surface area contributed by atoms with E-state index in [2.05, 4.69) is 12.2 Å². The minimum atomic E-state index is -0.348. The van der Waals surface area contributed by atoms with E-state index in [1.54, 1.807) is 53.4 Å². The van der Waals surface area contributed by atoms with Crippen molar-refractivity contribution in [3.05, 3.63) is 101 Å². The summed E-state index contributed by atoms with van der Waals surface area (Å²) in [6.45, 7) is 2.41. The van der Waals surface area contributed by atoms with Crippen LogP contribution >= 0.6 is 0 Å². The largest absolute Gasteiger partial charge is 0.449 e. The number of amides is 2. The standard InChI is InChI=1S/C30H29FN2O3/c1-20-7-2-3-10-25(20)32-29(34)23-15-13-21(14-16-23)18-28-30(35)33(19-22-8-6-9-24(31)17-22)26-11-4-5-12-27(26)36-28/h4-6,8-9,11-18,20,25H,2-3,7,10,19H2,1H3,(H,32,34)/b28-18-/t20-,25-/m0/s1. The van der Waals surface area contributed by atoms with Crippen LogP contribution in [0.3, 0.4) is 0 Å². The first-order valence-corrected chi connectivity index (χ1v) is 12.4. The molecule has 1 N–H and O–H groups in total. The first-order chi connectivity index (χ1) is 17.5. The van der Waals surface area contributed by atoms with Gasteiger partial charge in [-0.1, -0.05) is 56.2 Å². The highest BCUT2D eigenvalue weighted by Crippen LogP contribution is 2.36. The molecule has 2 amide bonds. The number of rotatable bonds is 5. The highest BCUT2D eigenvalue weighted by Gasteiger charge is 2.30. The molecule has 3 aromatic carbocycles. The average molecular weight is 485 g/mol. The van der Waals surface area contributed by atoms with Crippen LogP contribution in [0.5, 0.6) is 5.75 Å². The molecule has 0 radical (unpaired) electrons. The third-order valence-electron chi connectivity index (χ3n) is 6.96. The minimum Gasteiger partial charge on any atom is -0.449 e. The number of para-hydroxylation sites is 2.